The van der Waals surface area contributed by atoms with Gasteiger partial charge in [-0.3, -0.25) is 0 Å². The van der Waals surface area contributed by atoms with Crippen LogP contribution >= 0.6 is 11.3 Å². The summed E-state index contributed by atoms with van der Waals surface area (Å²) in [5.74, 6) is 1.51. The highest BCUT2D eigenvalue weighted by molar-refractivity contribution is 7.11. The summed E-state index contributed by atoms with van der Waals surface area (Å²) in [5.41, 5.74) is 1.38. The van der Waals surface area contributed by atoms with Gasteiger partial charge in [-0.1, -0.05) is 13.8 Å². The van der Waals surface area contributed by atoms with Crippen molar-refractivity contribution < 1.29 is 0 Å². The summed E-state index contributed by atoms with van der Waals surface area (Å²) < 4.78 is 0. The molecule has 1 aromatic rings. The van der Waals surface area contributed by atoms with E-state index in [-0.39, 0.29) is 0 Å². The van der Waals surface area contributed by atoms with Crippen LogP contribution in [0.4, 0.5) is 0 Å². The minimum atomic E-state index is 0.725. The summed E-state index contributed by atoms with van der Waals surface area (Å²) in [6, 6.07) is 0. The highest BCUT2D eigenvalue weighted by Crippen LogP contribution is 2.42. The lowest BCUT2D eigenvalue weighted by atomic mass is 10.2. The van der Waals surface area contributed by atoms with E-state index < -0.39 is 0 Å². The van der Waals surface area contributed by atoms with E-state index in [0.717, 1.165) is 24.9 Å². The van der Waals surface area contributed by atoms with Gasteiger partial charge in [0.1, 0.15) is 0 Å². The number of nitrogens with one attached hydrogen (secondary N) is 1. The normalized spacial score (nSPS) is 16.3. The largest absolute Gasteiger partial charge is 0.312 e. The van der Waals surface area contributed by atoms with Crippen molar-refractivity contribution in [1.82, 2.24) is 10.3 Å². The van der Waals surface area contributed by atoms with Gasteiger partial charge in [0.05, 0.1) is 10.7 Å². The van der Waals surface area contributed by atoms with E-state index >= 15 is 0 Å². The Balaban J connectivity index is 1.94. The fourth-order valence-electron chi connectivity index (χ4n) is 1.76. The molecule has 84 valence electrons. The molecule has 1 fully saturated rings. The minimum absolute atomic E-state index is 0.725. The van der Waals surface area contributed by atoms with E-state index in [1.54, 1.807) is 0 Å². The van der Waals surface area contributed by atoms with Crippen LogP contribution in [0.5, 0.6) is 0 Å². The predicted molar refractivity (Wildman–Crippen MR) is 65.4 cm³/mol. The van der Waals surface area contributed by atoms with E-state index in [4.69, 9.17) is 0 Å². The average molecular weight is 224 g/mol. The number of thiazole rings is 1. The summed E-state index contributed by atoms with van der Waals surface area (Å²) in [6.45, 7) is 8.71. The Morgan fingerprint density at radius 2 is 2.20 bits per heavy atom. The monoisotopic (exact) mass is 224 g/mol. The number of aryl methyl sites for hydroxylation is 1. The van der Waals surface area contributed by atoms with E-state index in [1.807, 2.05) is 11.3 Å². The van der Waals surface area contributed by atoms with Crippen molar-refractivity contribution in [3.8, 4) is 0 Å². The van der Waals surface area contributed by atoms with E-state index in [2.05, 4.69) is 31.1 Å². The first-order valence-corrected chi connectivity index (χ1v) is 6.65. The third-order valence-corrected chi connectivity index (χ3v) is 3.62. The highest BCUT2D eigenvalue weighted by Gasteiger charge is 2.28. The van der Waals surface area contributed by atoms with Crippen molar-refractivity contribution in [2.24, 2.45) is 5.92 Å². The summed E-state index contributed by atoms with van der Waals surface area (Å²) in [7, 11) is 0. The lowest BCUT2D eigenvalue weighted by Crippen LogP contribution is -2.18. The van der Waals surface area contributed by atoms with Crippen molar-refractivity contribution >= 4 is 11.3 Å². The van der Waals surface area contributed by atoms with Crippen LogP contribution in [0.2, 0.25) is 0 Å². The molecule has 0 spiro atoms. The van der Waals surface area contributed by atoms with Gasteiger partial charge in [-0.15, -0.1) is 11.3 Å². The zero-order valence-electron chi connectivity index (χ0n) is 9.84. The number of hydrogen-bond donors (Lipinski definition) is 1. The van der Waals surface area contributed by atoms with Crippen molar-refractivity contribution in [3.63, 3.8) is 0 Å². The molecule has 0 unspecified atom stereocenters. The van der Waals surface area contributed by atoms with Gasteiger partial charge in [-0.05, 0) is 32.2 Å². The molecule has 0 saturated heterocycles. The van der Waals surface area contributed by atoms with E-state index in [1.165, 1.54) is 28.4 Å². The molecule has 1 aliphatic carbocycles. The van der Waals surface area contributed by atoms with Crippen molar-refractivity contribution in [1.29, 1.82) is 0 Å². The lowest BCUT2D eigenvalue weighted by molar-refractivity contribution is 0.553. The number of aromatic nitrogens is 1. The van der Waals surface area contributed by atoms with Gasteiger partial charge >= 0.3 is 0 Å². The Hall–Kier alpha value is -0.410. The molecule has 15 heavy (non-hydrogen) atoms. The van der Waals surface area contributed by atoms with Gasteiger partial charge in [-0.2, -0.15) is 0 Å². The zero-order chi connectivity index (χ0) is 10.8. The maximum Gasteiger partial charge on any atom is 0.0900 e. The smallest absolute Gasteiger partial charge is 0.0900 e. The Morgan fingerprint density at radius 1 is 1.47 bits per heavy atom. The van der Waals surface area contributed by atoms with Gasteiger partial charge in [-0.25, -0.2) is 4.98 Å². The quantitative estimate of drug-likeness (QED) is 0.831. The SMILES string of the molecule is Cc1nc(C2CC2)c(CNCC(C)C)s1. The van der Waals surface area contributed by atoms with Crippen molar-refractivity contribution in [2.45, 2.75) is 46.1 Å². The molecule has 2 nitrogen and oxygen atoms in total. The van der Waals surface area contributed by atoms with Crippen LogP contribution in [0.3, 0.4) is 0 Å². The van der Waals surface area contributed by atoms with Crippen LogP contribution in [-0.2, 0) is 6.54 Å². The molecule has 1 aromatic heterocycles. The first-order valence-electron chi connectivity index (χ1n) is 5.83. The van der Waals surface area contributed by atoms with Gasteiger partial charge in [0, 0.05) is 17.3 Å². The highest BCUT2D eigenvalue weighted by atomic mass is 32.1. The molecule has 1 aliphatic rings. The predicted octanol–water partition coefficient (Wildman–Crippen LogP) is 3.07. The summed E-state index contributed by atoms with van der Waals surface area (Å²) in [4.78, 5) is 6.12. The number of hydrogen-bond acceptors (Lipinski definition) is 3. The van der Waals surface area contributed by atoms with Crippen LogP contribution in [-0.4, -0.2) is 11.5 Å². The molecule has 2 rings (SSSR count). The molecule has 0 atom stereocenters. The van der Waals surface area contributed by atoms with Gasteiger partial charge in [0.2, 0.25) is 0 Å². The second kappa shape index (κ2) is 4.62. The van der Waals surface area contributed by atoms with Crippen LogP contribution in [0.1, 0.15) is 48.2 Å². The fraction of sp³-hybridized carbons (Fsp3) is 0.750. The first-order chi connectivity index (χ1) is 7.16. The number of rotatable bonds is 5. The molecule has 3 heteroatoms. The average Bonchev–Trinajstić information content (AvgIpc) is 2.91. The molecule has 1 N–H and O–H groups in total. The van der Waals surface area contributed by atoms with Crippen LogP contribution in [0.25, 0.3) is 0 Å². The fourth-order valence-corrected chi connectivity index (χ4v) is 2.75. The van der Waals surface area contributed by atoms with Crippen LogP contribution in [0.15, 0.2) is 0 Å². The Bertz CT molecular complexity index is 326. The molecule has 0 bridgehead atoms. The Labute approximate surface area is 96.1 Å². The lowest BCUT2D eigenvalue weighted by Gasteiger charge is -2.06. The van der Waals surface area contributed by atoms with Crippen LogP contribution in [0, 0.1) is 12.8 Å². The maximum atomic E-state index is 4.65. The summed E-state index contributed by atoms with van der Waals surface area (Å²) >= 11 is 1.86. The molecule has 0 aromatic carbocycles. The Kier molecular flexibility index (Phi) is 3.42. The molecular weight excluding hydrogens is 204 g/mol. The molecular formula is C12H20N2S. The standard InChI is InChI=1S/C12H20N2S/c1-8(2)6-13-7-11-12(10-4-5-10)14-9(3)15-11/h8,10,13H,4-7H2,1-3H3. The van der Waals surface area contributed by atoms with Crippen LogP contribution < -0.4 is 5.32 Å². The Morgan fingerprint density at radius 3 is 2.80 bits per heavy atom. The summed E-state index contributed by atoms with van der Waals surface area (Å²) in [5, 5.41) is 4.73. The second-order valence-electron chi connectivity index (χ2n) is 4.84. The molecule has 0 radical (unpaired) electrons. The molecule has 0 aliphatic heterocycles. The van der Waals surface area contributed by atoms with E-state index in [0.29, 0.717) is 0 Å². The topological polar surface area (TPSA) is 24.9 Å². The van der Waals surface area contributed by atoms with Gasteiger partial charge in [0.15, 0.2) is 0 Å². The van der Waals surface area contributed by atoms with Gasteiger partial charge < -0.3 is 5.32 Å². The zero-order valence-corrected chi connectivity index (χ0v) is 10.7. The maximum absolute atomic E-state index is 4.65. The first kappa shape index (κ1) is 11.1. The minimum Gasteiger partial charge on any atom is -0.312 e. The number of nitrogens with zero attached hydrogens (tertiary/aromatic N) is 1. The second-order valence-corrected chi connectivity index (χ2v) is 6.13. The van der Waals surface area contributed by atoms with Crippen molar-refractivity contribution in [2.75, 3.05) is 6.54 Å². The van der Waals surface area contributed by atoms with E-state index in [9.17, 15) is 0 Å². The van der Waals surface area contributed by atoms with Crippen molar-refractivity contribution in [3.05, 3.63) is 15.6 Å². The third kappa shape index (κ3) is 3.02. The third-order valence-electron chi connectivity index (χ3n) is 2.64. The summed E-state index contributed by atoms with van der Waals surface area (Å²) in [6.07, 6.45) is 2.70. The molecule has 1 saturated carbocycles. The van der Waals surface area contributed by atoms with Gasteiger partial charge in [0.25, 0.3) is 0 Å². The molecule has 0 amide bonds. The molecule has 1 heterocycles.